The zero-order valence-electron chi connectivity index (χ0n) is 16.3. The molecule has 0 unspecified atom stereocenters. The lowest BCUT2D eigenvalue weighted by atomic mass is 10.1. The van der Waals surface area contributed by atoms with E-state index in [9.17, 15) is 4.79 Å². The van der Waals surface area contributed by atoms with Crippen molar-refractivity contribution in [1.82, 2.24) is 9.78 Å². The number of aromatic nitrogens is 2. The first-order valence-corrected chi connectivity index (χ1v) is 9.28. The van der Waals surface area contributed by atoms with Crippen LogP contribution in [0.15, 0.2) is 42.5 Å². The van der Waals surface area contributed by atoms with Crippen LogP contribution in [0.25, 0.3) is 5.69 Å². The van der Waals surface area contributed by atoms with Crippen LogP contribution < -0.4 is 4.90 Å². The molecule has 6 heteroatoms. The molecule has 0 radical (unpaired) electrons. The van der Waals surface area contributed by atoms with Crippen molar-refractivity contribution in [3.05, 3.63) is 75.6 Å². The van der Waals surface area contributed by atoms with Crippen molar-refractivity contribution in [3.63, 3.8) is 0 Å². The van der Waals surface area contributed by atoms with Gasteiger partial charge < -0.3 is 4.90 Å². The summed E-state index contributed by atoms with van der Waals surface area (Å²) in [5.74, 6) is -0.0669. The SMILES string of the molecule is Cc1ccc(-n2nc(C)c(CC(=O)N(C)c3cccc(C#N)c3)c2C)cc1Cl. The highest BCUT2D eigenvalue weighted by Gasteiger charge is 2.19. The number of nitrogens with zero attached hydrogens (tertiary/aromatic N) is 4. The van der Waals surface area contributed by atoms with Crippen molar-refractivity contribution in [2.24, 2.45) is 0 Å². The monoisotopic (exact) mass is 392 g/mol. The summed E-state index contributed by atoms with van der Waals surface area (Å²) in [6.07, 6.45) is 0.227. The molecule has 28 heavy (non-hydrogen) atoms. The molecule has 1 heterocycles. The molecule has 2 aromatic carbocycles. The van der Waals surface area contributed by atoms with Crippen molar-refractivity contribution in [2.45, 2.75) is 27.2 Å². The number of aryl methyl sites for hydroxylation is 2. The molecular weight excluding hydrogens is 372 g/mol. The van der Waals surface area contributed by atoms with Gasteiger partial charge in [-0.2, -0.15) is 10.4 Å². The Morgan fingerprint density at radius 3 is 2.64 bits per heavy atom. The first-order valence-electron chi connectivity index (χ1n) is 8.90. The summed E-state index contributed by atoms with van der Waals surface area (Å²) in [5.41, 5.74) is 5.69. The molecule has 5 nitrogen and oxygen atoms in total. The van der Waals surface area contributed by atoms with Crippen molar-refractivity contribution in [2.75, 3.05) is 11.9 Å². The topological polar surface area (TPSA) is 61.9 Å². The number of likely N-dealkylation sites (N-methyl/N-ethyl adjacent to an activating group) is 1. The van der Waals surface area contributed by atoms with E-state index in [0.717, 1.165) is 28.2 Å². The van der Waals surface area contributed by atoms with Crippen molar-refractivity contribution < 1.29 is 4.79 Å². The first kappa shape index (κ1) is 19.7. The minimum atomic E-state index is -0.0669. The summed E-state index contributed by atoms with van der Waals surface area (Å²) in [5, 5.41) is 14.4. The second-order valence-corrected chi connectivity index (χ2v) is 7.19. The van der Waals surface area contributed by atoms with E-state index >= 15 is 0 Å². The molecule has 0 aliphatic rings. The number of carbonyl (C=O) groups excluding carboxylic acids is 1. The number of benzene rings is 2. The Hall–Kier alpha value is -3.10. The number of amides is 1. The van der Waals surface area contributed by atoms with E-state index < -0.39 is 0 Å². The molecule has 0 fully saturated rings. The molecule has 0 bridgehead atoms. The Morgan fingerprint density at radius 2 is 1.96 bits per heavy atom. The van der Waals surface area contributed by atoms with Gasteiger partial charge in [-0.05, 0) is 56.7 Å². The molecule has 0 aliphatic carbocycles. The van der Waals surface area contributed by atoms with Crippen LogP contribution in [-0.2, 0) is 11.2 Å². The van der Waals surface area contributed by atoms with Crippen LogP contribution in [0.3, 0.4) is 0 Å². The molecule has 0 saturated heterocycles. The van der Waals surface area contributed by atoms with Crippen LogP contribution in [0.5, 0.6) is 0 Å². The average molecular weight is 393 g/mol. The number of rotatable bonds is 4. The number of carbonyl (C=O) groups is 1. The fraction of sp³-hybridized carbons (Fsp3) is 0.227. The van der Waals surface area contributed by atoms with Gasteiger partial charge in [0.2, 0.25) is 5.91 Å². The van der Waals surface area contributed by atoms with Gasteiger partial charge in [0.05, 0.1) is 29.4 Å². The molecule has 3 aromatic rings. The Morgan fingerprint density at radius 1 is 1.21 bits per heavy atom. The van der Waals surface area contributed by atoms with Crippen LogP contribution in [0.4, 0.5) is 5.69 Å². The fourth-order valence-electron chi connectivity index (χ4n) is 3.09. The third-order valence-electron chi connectivity index (χ3n) is 4.91. The Balaban J connectivity index is 1.88. The Kier molecular flexibility index (Phi) is 5.53. The van der Waals surface area contributed by atoms with E-state index in [0.29, 0.717) is 16.3 Å². The number of anilines is 1. The molecule has 0 spiro atoms. The highest BCUT2D eigenvalue weighted by atomic mass is 35.5. The molecule has 0 saturated carbocycles. The van der Waals surface area contributed by atoms with E-state index in [-0.39, 0.29) is 12.3 Å². The smallest absolute Gasteiger partial charge is 0.231 e. The van der Waals surface area contributed by atoms with E-state index in [4.69, 9.17) is 16.9 Å². The van der Waals surface area contributed by atoms with Gasteiger partial charge in [0.15, 0.2) is 0 Å². The van der Waals surface area contributed by atoms with Gasteiger partial charge in [-0.15, -0.1) is 0 Å². The number of halogens is 1. The quantitative estimate of drug-likeness (QED) is 0.655. The van der Waals surface area contributed by atoms with Gasteiger partial charge in [-0.1, -0.05) is 23.7 Å². The van der Waals surface area contributed by atoms with E-state index in [1.165, 1.54) is 0 Å². The fourth-order valence-corrected chi connectivity index (χ4v) is 3.27. The minimum absolute atomic E-state index is 0.0669. The van der Waals surface area contributed by atoms with Crippen molar-refractivity contribution in [1.29, 1.82) is 5.26 Å². The summed E-state index contributed by atoms with van der Waals surface area (Å²) in [6.45, 7) is 5.80. The maximum absolute atomic E-state index is 12.8. The van der Waals surface area contributed by atoms with Crippen molar-refractivity contribution >= 4 is 23.2 Å². The number of hydrogen-bond acceptors (Lipinski definition) is 3. The first-order chi connectivity index (χ1) is 13.3. The van der Waals surface area contributed by atoms with Gasteiger partial charge in [-0.3, -0.25) is 4.79 Å². The van der Waals surface area contributed by atoms with Gasteiger partial charge in [0.25, 0.3) is 0 Å². The predicted octanol–water partition coefficient (Wildman–Crippen LogP) is 4.53. The lowest BCUT2D eigenvalue weighted by Crippen LogP contribution is -2.28. The third kappa shape index (κ3) is 3.78. The molecule has 0 aliphatic heterocycles. The molecule has 142 valence electrons. The summed E-state index contributed by atoms with van der Waals surface area (Å²) >= 11 is 6.26. The van der Waals surface area contributed by atoms with E-state index in [1.54, 1.807) is 30.1 Å². The van der Waals surface area contributed by atoms with Crippen LogP contribution in [0.2, 0.25) is 5.02 Å². The zero-order valence-corrected chi connectivity index (χ0v) is 17.1. The standard InChI is InChI=1S/C22H21ClN4O/c1-14-8-9-19(11-21(14)23)27-16(3)20(15(2)25-27)12-22(28)26(4)18-7-5-6-17(10-18)13-24/h5-11H,12H2,1-4H3. The molecular formula is C22H21ClN4O. The van der Waals surface area contributed by atoms with Crippen LogP contribution in [-0.4, -0.2) is 22.7 Å². The van der Waals surface area contributed by atoms with Crippen molar-refractivity contribution in [3.8, 4) is 11.8 Å². The number of nitriles is 1. The van der Waals surface area contributed by atoms with E-state index in [2.05, 4.69) is 11.2 Å². The van der Waals surface area contributed by atoms with Gasteiger partial charge in [0, 0.05) is 29.0 Å². The van der Waals surface area contributed by atoms with Crippen LogP contribution in [0.1, 0.15) is 28.1 Å². The normalized spacial score (nSPS) is 10.6. The minimum Gasteiger partial charge on any atom is -0.315 e. The number of hydrogen-bond donors (Lipinski definition) is 0. The van der Waals surface area contributed by atoms with Gasteiger partial charge in [0.1, 0.15) is 0 Å². The summed E-state index contributed by atoms with van der Waals surface area (Å²) in [7, 11) is 1.72. The molecule has 0 atom stereocenters. The highest BCUT2D eigenvalue weighted by molar-refractivity contribution is 6.31. The molecule has 0 N–H and O–H groups in total. The maximum atomic E-state index is 12.8. The summed E-state index contributed by atoms with van der Waals surface area (Å²) < 4.78 is 1.82. The van der Waals surface area contributed by atoms with Crippen LogP contribution >= 0.6 is 11.6 Å². The second-order valence-electron chi connectivity index (χ2n) is 6.79. The summed E-state index contributed by atoms with van der Waals surface area (Å²) in [6, 6.07) is 14.9. The predicted molar refractivity (Wildman–Crippen MR) is 111 cm³/mol. The molecule has 1 aromatic heterocycles. The average Bonchev–Trinajstić information content (AvgIpc) is 2.97. The molecule has 1 amide bonds. The lowest BCUT2D eigenvalue weighted by Gasteiger charge is -2.17. The van der Waals surface area contributed by atoms with E-state index in [1.807, 2.05) is 49.7 Å². The highest BCUT2D eigenvalue weighted by Crippen LogP contribution is 2.24. The maximum Gasteiger partial charge on any atom is 0.231 e. The largest absolute Gasteiger partial charge is 0.315 e. The Labute approximate surface area is 169 Å². The van der Waals surface area contributed by atoms with Crippen LogP contribution in [0, 0.1) is 32.1 Å². The third-order valence-corrected chi connectivity index (χ3v) is 5.31. The molecule has 3 rings (SSSR count). The second kappa shape index (κ2) is 7.87. The van der Waals surface area contributed by atoms with Gasteiger partial charge >= 0.3 is 0 Å². The summed E-state index contributed by atoms with van der Waals surface area (Å²) in [4.78, 5) is 14.4. The lowest BCUT2D eigenvalue weighted by molar-refractivity contribution is -0.117. The zero-order chi connectivity index (χ0) is 20.4. The Bertz CT molecular complexity index is 1090. The van der Waals surface area contributed by atoms with Gasteiger partial charge in [-0.25, -0.2) is 4.68 Å².